The van der Waals surface area contributed by atoms with Crippen molar-refractivity contribution in [2.45, 2.75) is 12.5 Å². The Morgan fingerprint density at radius 2 is 1.50 bits per heavy atom. The van der Waals surface area contributed by atoms with E-state index in [1.165, 1.54) is 11.6 Å². The van der Waals surface area contributed by atoms with E-state index >= 15 is 0 Å². The van der Waals surface area contributed by atoms with Crippen molar-refractivity contribution in [2.24, 2.45) is 14.1 Å². The highest BCUT2D eigenvalue weighted by molar-refractivity contribution is 5.82. The second-order valence-corrected chi connectivity index (χ2v) is 9.15. The minimum atomic E-state index is -0.468. The highest BCUT2D eigenvalue weighted by atomic mass is 16.5. The van der Waals surface area contributed by atoms with E-state index in [0.29, 0.717) is 44.0 Å². The molecular formula is C28H33N5O5. The van der Waals surface area contributed by atoms with Crippen molar-refractivity contribution >= 4 is 17.1 Å². The standard InChI is InChI=1S/C28H33N5O5/c1-30(14-17-37-18-16-33-20-29-25-24(33)26(34)32(3)28(36)31(25)2)15-19-38-27(35)23(21-10-6-4-7-11-21)22-12-8-5-9-13-22/h4-13,20,23H,14-19H2,1-3H3. The monoisotopic (exact) mass is 519 g/mol. The number of likely N-dealkylation sites (N-methyl/N-ethyl adjacent to an activating group) is 1. The zero-order valence-corrected chi connectivity index (χ0v) is 21.9. The van der Waals surface area contributed by atoms with Crippen molar-refractivity contribution in [2.75, 3.05) is 40.0 Å². The van der Waals surface area contributed by atoms with E-state index < -0.39 is 11.6 Å². The number of carbonyl (C=O) groups is 1. The number of aromatic nitrogens is 4. The van der Waals surface area contributed by atoms with Crippen LogP contribution in [0.1, 0.15) is 17.0 Å². The molecule has 0 N–H and O–H groups in total. The van der Waals surface area contributed by atoms with Crippen LogP contribution in [0.25, 0.3) is 11.2 Å². The summed E-state index contributed by atoms with van der Waals surface area (Å²) in [6.07, 6.45) is 1.55. The van der Waals surface area contributed by atoms with Gasteiger partial charge >= 0.3 is 11.7 Å². The predicted octanol–water partition coefficient (Wildman–Crippen LogP) is 1.76. The number of carbonyl (C=O) groups excluding carboxylic acids is 1. The maximum absolute atomic E-state index is 13.0. The molecule has 0 bridgehead atoms. The number of aryl methyl sites for hydroxylation is 1. The first-order valence-corrected chi connectivity index (χ1v) is 12.5. The lowest BCUT2D eigenvalue weighted by molar-refractivity contribution is -0.144. The average Bonchev–Trinajstić information content (AvgIpc) is 3.36. The molecule has 0 aliphatic rings. The number of fused-ring (bicyclic) bond motifs is 1. The first-order chi connectivity index (χ1) is 18.4. The molecule has 0 spiro atoms. The number of hydrogen-bond acceptors (Lipinski definition) is 7. The van der Waals surface area contributed by atoms with Gasteiger partial charge < -0.3 is 18.9 Å². The van der Waals surface area contributed by atoms with E-state index in [1.54, 1.807) is 17.9 Å². The van der Waals surface area contributed by atoms with Gasteiger partial charge in [0.05, 0.1) is 19.5 Å². The predicted molar refractivity (Wildman–Crippen MR) is 144 cm³/mol. The largest absolute Gasteiger partial charge is 0.464 e. The maximum atomic E-state index is 13.0. The molecule has 38 heavy (non-hydrogen) atoms. The molecule has 10 nitrogen and oxygen atoms in total. The van der Waals surface area contributed by atoms with Gasteiger partial charge in [-0.2, -0.15) is 0 Å². The summed E-state index contributed by atoms with van der Waals surface area (Å²) in [6, 6.07) is 19.3. The van der Waals surface area contributed by atoms with E-state index in [2.05, 4.69) is 4.98 Å². The molecule has 2 aromatic heterocycles. The number of benzene rings is 2. The lowest BCUT2D eigenvalue weighted by Gasteiger charge is -2.20. The van der Waals surface area contributed by atoms with Gasteiger partial charge in [-0.25, -0.2) is 9.78 Å². The van der Waals surface area contributed by atoms with Crippen LogP contribution in [-0.2, 0) is 34.9 Å². The molecule has 0 saturated heterocycles. The number of esters is 1. The van der Waals surface area contributed by atoms with Gasteiger partial charge in [-0.15, -0.1) is 0 Å². The van der Waals surface area contributed by atoms with Gasteiger partial charge in [-0.3, -0.25) is 18.7 Å². The molecule has 10 heteroatoms. The Morgan fingerprint density at radius 1 is 0.895 bits per heavy atom. The Hall–Kier alpha value is -4.02. The molecule has 0 fully saturated rings. The number of nitrogens with zero attached hydrogens (tertiary/aromatic N) is 5. The van der Waals surface area contributed by atoms with E-state index in [1.807, 2.05) is 72.6 Å². The molecule has 0 amide bonds. The number of rotatable bonds is 12. The van der Waals surface area contributed by atoms with E-state index in [-0.39, 0.29) is 18.1 Å². The van der Waals surface area contributed by atoms with Gasteiger partial charge in [0.1, 0.15) is 12.5 Å². The minimum absolute atomic E-state index is 0.272. The van der Waals surface area contributed by atoms with Crippen molar-refractivity contribution in [1.29, 1.82) is 0 Å². The van der Waals surface area contributed by atoms with Gasteiger partial charge in [0.15, 0.2) is 11.2 Å². The lowest BCUT2D eigenvalue weighted by atomic mass is 9.91. The second kappa shape index (κ2) is 12.5. The normalized spacial score (nSPS) is 11.5. The van der Waals surface area contributed by atoms with Gasteiger partial charge in [0, 0.05) is 33.7 Å². The van der Waals surface area contributed by atoms with Crippen molar-refractivity contribution in [1.82, 2.24) is 23.6 Å². The average molecular weight is 520 g/mol. The molecule has 0 radical (unpaired) electrons. The number of hydrogen-bond donors (Lipinski definition) is 0. The molecule has 2 aromatic carbocycles. The fourth-order valence-electron chi connectivity index (χ4n) is 4.30. The summed E-state index contributed by atoms with van der Waals surface area (Å²) in [5.74, 6) is -0.743. The maximum Gasteiger partial charge on any atom is 0.332 e. The first-order valence-electron chi connectivity index (χ1n) is 12.5. The summed E-state index contributed by atoms with van der Waals surface area (Å²) >= 11 is 0. The highest BCUT2D eigenvalue weighted by Crippen LogP contribution is 2.25. The zero-order chi connectivity index (χ0) is 27.1. The highest BCUT2D eigenvalue weighted by Gasteiger charge is 2.24. The van der Waals surface area contributed by atoms with Crippen LogP contribution >= 0.6 is 0 Å². The zero-order valence-electron chi connectivity index (χ0n) is 21.9. The van der Waals surface area contributed by atoms with Crippen LogP contribution in [0, 0.1) is 0 Å². The summed E-state index contributed by atoms with van der Waals surface area (Å²) in [4.78, 5) is 43.8. The second-order valence-electron chi connectivity index (χ2n) is 9.15. The topological polar surface area (TPSA) is 101 Å². The Kier molecular flexibility index (Phi) is 8.88. The van der Waals surface area contributed by atoms with Crippen molar-refractivity contribution < 1.29 is 14.3 Å². The van der Waals surface area contributed by atoms with Gasteiger partial charge in [-0.1, -0.05) is 60.7 Å². The fourth-order valence-corrected chi connectivity index (χ4v) is 4.30. The van der Waals surface area contributed by atoms with Crippen LogP contribution in [0.5, 0.6) is 0 Å². The molecule has 0 saturated carbocycles. The number of ether oxygens (including phenoxy) is 2. The van der Waals surface area contributed by atoms with Crippen molar-refractivity contribution in [3.05, 3.63) is 99.0 Å². The van der Waals surface area contributed by atoms with E-state index in [9.17, 15) is 14.4 Å². The SMILES string of the molecule is CN(CCOCCn1cnc2c1c(=O)n(C)c(=O)n2C)CCOC(=O)C(c1ccccc1)c1ccccc1. The summed E-state index contributed by atoms with van der Waals surface area (Å²) in [7, 11) is 4.99. The van der Waals surface area contributed by atoms with Crippen LogP contribution in [0.4, 0.5) is 0 Å². The van der Waals surface area contributed by atoms with Gasteiger partial charge in [0.2, 0.25) is 0 Å². The van der Waals surface area contributed by atoms with Crippen LogP contribution in [-0.4, -0.2) is 69.5 Å². The minimum Gasteiger partial charge on any atom is -0.464 e. The summed E-state index contributed by atoms with van der Waals surface area (Å²) < 4.78 is 15.5. The molecular weight excluding hydrogens is 486 g/mol. The van der Waals surface area contributed by atoms with Gasteiger partial charge in [-0.05, 0) is 18.2 Å². The third kappa shape index (κ3) is 6.09. The van der Waals surface area contributed by atoms with Gasteiger partial charge in [0.25, 0.3) is 5.56 Å². The van der Waals surface area contributed by atoms with E-state index in [0.717, 1.165) is 15.7 Å². The molecule has 0 aliphatic heterocycles. The smallest absolute Gasteiger partial charge is 0.332 e. The van der Waals surface area contributed by atoms with E-state index in [4.69, 9.17) is 9.47 Å². The Balaban J connectivity index is 1.22. The van der Waals surface area contributed by atoms with Crippen LogP contribution in [0.15, 0.2) is 76.6 Å². The molecule has 0 unspecified atom stereocenters. The fraction of sp³-hybridized carbons (Fsp3) is 0.357. The molecule has 4 rings (SSSR count). The van der Waals surface area contributed by atoms with Crippen LogP contribution in [0.2, 0.25) is 0 Å². The Morgan fingerprint density at radius 3 is 2.13 bits per heavy atom. The molecule has 200 valence electrons. The summed E-state index contributed by atoms with van der Waals surface area (Å²) in [5, 5.41) is 0. The summed E-state index contributed by atoms with van der Waals surface area (Å²) in [6.45, 7) is 2.79. The summed E-state index contributed by atoms with van der Waals surface area (Å²) in [5.41, 5.74) is 1.74. The lowest BCUT2D eigenvalue weighted by Crippen LogP contribution is -2.37. The Bertz CT molecular complexity index is 1440. The Labute approximate surface area is 220 Å². The van der Waals surface area contributed by atoms with Crippen molar-refractivity contribution in [3.63, 3.8) is 0 Å². The van der Waals surface area contributed by atoms with Crippen molar-refractivity contribution in [3.8, 4) is 0 Å². The third-order valence-corrected chi connectivity index (χ3v) is 6.53. The number of imidazole rings is 1. The molecule has 2 heterocycles. The molecule has 0 aliphatic carbocycles. The molecule has 4 aromatic rings. The molecule has 0 atom stereocenters. The van der Waals surface area contributed by atoms with Crippen LogP contribution < -0.4 is 11.2 Å². The quantitative estimate of drug-likeness (QED) is 0.208. The van der Waals surface area contributed by atoms with Crippen LogP contribution in [0.3, 0.4) is 0 Å². The third-order valence-electron chi connectivity index (χ3n) is 6.53. The first kappa shape index (κ1) is 27.0.